The van der Waals surface area contributed by atoms with Gasteiger partial charge in [-0.2, -0.15) is 0 Å². The van der Waals surface area contributed by atoms with Crippen LogP contribution in [-0.2, 0) is 6.54 Å². The molecule has 0 saturated heterocycles. The van der Waals surface area contributed by atoms with E-state index in [1.54, 1.807) is 13.3 Å². The minimum Gasteiger partial charge on any atom is -0.317 e. The minimum atomic E-state index is -0.707. The number of alkyl halides is 1. The lowest BCUT2D eigenvalue weighted by Crippen LogP contribution is -2.36. The van der Waals surface area contributed by atoms with Crippen LogP contribution in [0.3, 0.4) is 0 Å². The van der Waals surface area contributed by atoms with E-state index < -0.39 is 16.8 Å². The second kappa shape index (κ2) is 13.7. The first-order valence-electron chi connectivity index (χ1n) is 11.9. The minimum absolute atomic E-state index is 0.271. The number of rotatable bonds is 16. The van der Waals surface area contributed by atoms with E-state index in [2.05, 4.69) is 16.9 Å². The molecular weight excluding hydrogens is 400 g/mol. The van der Waals surface area contributed by atoms with Crippen molar-refractivity contribution in [3.8, 4) is 0 Å². The van der Waals surface area contributed by atoms with E-state index in [1.165, 1.54) is 77.0 Å². The molecule has 1 atom stereocenters. The fourth-order valence-electron chi connectivity index (χ4n) is 4.01. The van der Waals surface area contributed by atoms with Crippen LogP contribution in [0.4, 0.5) is 0 Å². The molecule has 2 aromatic heterocycles. The molecule has 0 saturated carbocycles. The fourth-order valence-corrected chi connectivity index (χ4v) is 4.18. The van der Waals surface area contributed by atoms with Gasteiger partial charge in [-0.3, -0.25) is 9.78 Å². The Morgan fingerprint density at radius 2 is 1.40 bits per heavy atom. The van der Waals surface area contributed by atoms with Crippen molar-refractivity contribution in [2.75, 3.05) is 0 Å². The Balaban J connectivity index is 1.59. The summed E-state index contributed by atoms with van der Waals surface area (Å²) in [5, 5.41) is 0. The highest BCUT2D eigenvalue weighted by atomic mass is 35.5. The van der Waals surface area contributed by atoms with Crippen molar-refractivity contribution in [3.05, 3.63) is 27.2 Å². The molecule has 2 heterocycles. The van der Waals surface area contributed by atoms with Crippen molar-refractivity contribution in [1.82, 2.24) is 19.1 Å². The molecule has 0 aromatic carbocycles. The molecular formula is C23H39ClN4O2. The zero-order valence-electron chi connectivity index (χ0n) is 18.8. The zero-order valence-corrected chi connectivity index (χ0v) is 19.6. The van der Waals surface area contributed by atoms with Gasteiger partial charge in [0.2, 0.25) is 0 Å². The number of fused-ring (bicyclic) bond motifs is 1. The molecule has 0 aliphatic carbocycles. The largest absolute Gasteiger partial charge is 0.331 e. The maximum Gasteiger partial charge on any atom is 0.331 e. The van der Waals surface area contributed by atoms with E-state index in [9.17, 15) is 9.59 Å². The molecule has 2 aromatic rings. The van der Waals surface area contributed by atoms with Crippen LogP contribution < -0.4 is 11.2 Å². The molecule has 170 valence electrons. The Bertz CT molecular complexity index is 853. The van der Waals surface area contributed by atoms with Crippen LogP contribution in [-0.4, -0.2) is 19.1 Å². The summed E-state index contributed by atoms with van der Waals surface area (Å²) in [5.74, 6) is 0. The van der Waals surface area contributed by atoms with Crippen LogP contribution >= 0.6 is 11.6 Å². The third kappa shape index (κ3) is 7.60. The molecule has 0 fully saturated rings. The predicted molar refractivity (Wildman–Crippen MR) is 125 cm³/mol. The second-order valence-corrected chi connectivity index (χ2v) is 9.04. The SMILES string of the molecule is CCCCCCCCCCCCCCCCn1cnc2c(=O)n(C(C)Cl)c(=O)[nH]c21. The number of aromatic nitrogens is 4. The zero-order chi connectivity index (χ0) is 21.8. The van der Waals surface area contributed by atoms with Crippen LogP contribution in [0.2, 0.25) is 0 Å². The van der Waals surface area contributed by atoms with Crippen molar-refractivity contribution in [3.63, 3.8) is 0 Å². The van der Waals surface area contributed by atoms with Crippen molar-refractivity contribution in [2.24, 2.45) is 0 Å². The first-order chi connectivity index (χ1) is 14.6. The number of imidazole rings is 1. The van der Waals surface area contributed by atoms with Crippen LogP contribution in [0.25, 0.3) is 11.2 Å². The maximum atomic E-state index is 12.4. The van der Waals surface area contributed by atoms with Gasteiger partial charge in [0.1, 0.15) is 11.1 Å². The topological polar surface area (TPSA) is 72.7 Å². The first-order valence-corrected chi connectivity index (χ1v) is 12.3. The number of aromatic amines is 1. The lowest BCUT2D eigenvalue weighted by Gasteiger charge is -2.07. The summed E-state index contributed by atoms with van der Waals surface area (Å²) in [6, 6.07) is 0. The molecule has 0 aliphatic heterocycles. The van der Waals surface area contributed by atoms with Crippen molar-refractivity contribution < 1.29 is 0 Å². The molecule has 0 bridgehead atoms. The van der Waals surface area contributed by atoms with E-state index in [0.717, 1.165) is 24.0 Å². The van der Waals surface area contributed by atoms with E-state index in [-0.39, 0.29) is 5.52 Å². The van der Waals surface area contributed by atoms with E-state index in [1.807, 2.05) is 4.57 Å². The highest BCUT2D eigenvalue weighted by Gasteiger charge is 2.15. The number of hydrogen-bond acceptors (Lipinski definition) is 3. The van der Waals surface area contributed by atoms with Gasteiger partial charge in [0.15, 0.2) is 5.52 Å². The van der Waals surface area contributed by atoms with Gasteiger partial charge in [0, 0.05) is 6.54 Å². The van der Waals surface area contributed by atoms with E-state index in [4.69, 9.17) is 11.6 Å². The van der Waals surface area contributed by atoms with Crippen LogP contribution in [0.5, 0.6) is 0 Å². The molecule has 0 aliphatic rings. The molecule has 0 radical (unpaired) electrons. The standard InChI is InChI=1S/C23H39ClN4O2/c1-3-4-5-6-7-8-9-10-11-12-13-14-15-16-17-27-18-25-20-21(27)26-23(30)28(19(2)24)22(20)29/h18-19H,3-17H2,1-2H3,(H,26,30). The lowest BCUT2D eigenvalue weighted by atomic mass is 10.0. The molecule has 1 N–H and O–H groups in total. The monoisotopic (exact) mass is 438 g/mol. The average Bonchev–Trinajstić information content (AvgIpc) is 3.11. The average molecular weight is 439 g/mol. The first kappa shape index (κ1) is 24.7. The summed E-state index contributed by atoms with van der Waals surface area (Å²) in [7, 11) is 0. The third-order valence-corrected chi connectivity index (χ3v) is 6.01. The van der Waals surface area contributed by atoms with Gasteiger partial charge in [-0.05, 0) is 13.3 Å². The number of hydrogen-bond donors (Lipinski definition) is 1. The molecule has 7 heteroatoms. The Morgan fingerprint density at radius 3 is 1.90 bits per heavy atom. The van der Waals surface area contributed by atoms with Crippen molar-refractivity contribution in [2.45, 2.75) is 116 Å². The van der Waals surface area contributed by atoms with Gasteiger partial charge in [-0.1, -0.05) is 102 Å². The third-order valence-electron chi connectivity index (χ3n) is 5.81. The molecule has 0 spiro atoms. The van der Waals surface area contributed by atoms with Crippen LogP contribution in [0.1, 0.15) is 109 Å². The number of unbranched alkanes of at least 4 members (excludes halogenated alkanes) is 13. The van der Waals surface area contributed by atoms with Crippen molar-refractivity contribution >= 4 is 22.8 Å². The number of H-pyrrole nitrogens is 1. The number of aryl methyl sites for hydroxylation is 1. The maximum absolute atomic E-state index is 12.4. The lowest BCUT2D eigenvalue weighted by molar-refractivity contribution is 0.525. The number of nitrogens with one attached hydrogen (secondary N) is 1. The van der Waals surface area contributed by atoms with E-state index >= 15 is 0 Å². The highest BCUT2D eigenvalue weighted by molar-refractivity contribution is 6.18. The number of nitrogens with zero attached hydrogens (tertiary/aromatic N) is 3. The second-order valence-electron chi connectivity index (χ2n) is 8.41. The smallest absolute Gasteiger partial charge is 0.317 e. The molecule has 0 amide bonds. The summed E-state index contributed by atoms with van der Waals surface area (Å²) >= 11 is 5.93. The quantitative estimate of drug-likeness (QED) is 0.253. The molecule has 6 nitrogen and oxygen atoms in total. The van der Waals surface area contributed by atoms with Gasteiger partial charge in [-0.25, -0.2) is 14.3 Å². The Labute approximate surface area is 185 Å². The summed E-state index contributed by atoms with van der Waals surface area (Å²) in [6.45, 7) is 4.61. The Hall–Kier alpha value is -1.56. The summed E-state index contributed by atoms with van der Waals surface area (Å²) in [4.78, 5) is 31.5. The highest BCUT2D eigenvalue weighted by Crippen LogP contribution is 2.14. The van der Waals surface area contributed by atoms with Gasteiger partial charge in [0.25, 0.3) is 5.56 Å². The normalized spacial score (nSPS) is 12.6. The van der Waals surface area contributed by atoms with Crippen LogP contribution in [0.15, 0.2) is 15.9 Å². The van der Waals surface area contributed by atoms with Crippen LogP contribution in [0, 0.1) is 0 Å². The Morgan fingerprint density at radius 1 is 0.900 bits per heavy atom. The van der Waals surface area contributed by atoms with Gasteiger partial charge < -0.3 is 4.57 Å². The predicted octanol–water partition coefficient (Wildman–Crippen LogP) is 6.12. The van der Waals surface area contributed by atoms with Gasteiger partial charge in [0.05, 0.1) is 6.33 Å². The van der Waals surface area contributed by atoms with Gasteiger partial charge >= 0.3 is 5.69 Å². The molecule has 2 rings (SSSR count). The van der Waals surface area contributed by atoms with Crippen molar-refractivity contribution in [1.29, 1.82) is 0 Å². The molecule has 1 unspecified atom stereocenters. The fraction of sp³-hybridized carbons (Fsp3) is 0.783. The number of halogens is 1. The summed E-state index contributed by atoms with van der Waals surface area (Å²) in [6.07, 6.45) is 20.1. The summed E-state index contributed by atoms with van der Waals surface area (Å²) < 4.78 is 2.86. The Kier molecular flexibility index (Phi) is 11.3. The van der Waals surface area contributed by atoms with E-state index in [0.29, 0.717) is 5.65 Å². The molecule has 30 heavy (non-hydrogen) atoms. The summed E-state index contributed by atoms with van der Waals surface area (Å²) in [5.41, 5.74) is -0.865. The van der Waals surface area contributed by atoms with Gasteiger partial charge in [-0.15, -0.1) is 0 Å².